The third kappa shape index (κ3) is 2.93. The Balaban J connectivity index is 1.26. The first-order valence-electron chi connectivity index (χ1n) is 10.3. The lowest BCUT2D eigenvalue weighted by Gasteiger charge is -2.22. The summed E-state index contributed by atoms with van der Waals surface area (Å²) in [4.78, 5) is 51.6. The van der Waals surface area contributed by atoms with Gasteiger partial charge in [-0.2, -0.15) is 0 Å². The zero-order valence-electron chi connectivity index (χ0n) is 17.3. The molecule has 32 heavy (non-hydrogen) atoms. The highest BCUT2D eigenvalue weighted by molar-refractivity contribution is 6.10. The van der Waals surface area contributed by atoms with Gasteiger partial charge in [0, 0.05) is 24.1 Å². The number of aromatic nitrogens is 1. The molecule has 0 radical (unpaired) electrons. The number of carbonyl (C=O) groups excluding carboxylic acids is 4. The molecule has 1 aliphatic heterocycles. The van der Waals surface area contributed by atoms with Crippen molar-refractivity contribution in [3.05, 3.63) is 71.4 Å². The number of hydrazine groups is 1. The Bertz CT molecular complexity index is 1300. The minimum Gasteiger partial charge on any atom is -0.350 e. The van der Waals surface area contributed by atoms with Crippen molar-refractivity contribution in [3.63, 3.8) is 0 Å². The molecule has 2 aromatic carbocycles. The Hall–Kier alpha value is -4.14. The molecule has 1 unspecified atom stereocenters. The van der Waals surface area contributed by atoms with E-state index in [1.54, 1.807) is 6.20 Å². The van der Waals surface area contributed by atoms with Crippen molar-refractivity contribution in [1.82, 2.24) is 25.6 Å². The van der Waals surface area contributed by atoms with Crippen LogP contribution in [0.3, 0.4) is 0 Å². The number of imide groups is 1. The lowest BCUT2D eigenvalue weighted by molar-refractivity contribution is -0.135. The molecule has 2 aliphatic rings. The fourth-order valence-electron chi connectivity index (χ4n) is 4.63. The van der Waals surface area contributed by atoms with E-state index in [1.165, 1.54) is 0 Å². The lowest BCUT2D eigenvalue weighted by Crippen LogP contribution is -2.48. The average Bonchev–Trinajstić information content (AvgIpc) is 3.41. The maximum absolute atomic E-state index is 13.1. The standard InChI is InChI=1S/C23H21N5O4/c1-27-12-16(15-7-3-5-9-18(15)27)20(30)26-25-19(29)13-28-21(31)23(24-22(28)32)11-10-14-6-2-4-8-17(14)23/h2-9,12H,10-11,13H2,1H3,(H,24,32)(H,25,29)(H,26,30). The summed E-state index contributed by atoms with van der Waals surface area (Å²) in [6.07, 6.45) is 2.79. The van der Waals surface area contributed by atoms with E-state index in [4.69, 9.17) is 0 Å². The first-order chi connectivity index (χ1) is 15.4. The minimum atomic E-state index is -1.12. The first-order valence-corrected chi connectivity index (χ1v) is 10.3. The molecule has 0 bridgehead atoms. The first kappa shape index (κ1) is 19.8. The second-order valence-corrected chi connectivity index (χ2v) is 8.06. The van der Waals surface area contributed by atoms with Crippen molar-refractivity contribution >= 4 is 34.7 Å². The molecule has 9 heteroatoms. The Morgan fingerprint density at radius 2 is 1.81 bits per heavy atom. The molecule has 5 amide bonds. The predicted octanol–water partition coefficient (Wildman–Crippen LogP) is 1.33. The van der Waals surface area contributed by atoms with Gasteiger partial charge in [0.25, 0.3) is 17.7 Å². The number of urea groups is 1. The van der Waals surface area contributed by atoms with Gasteiger partial charge in [-0.3, -0.25) is 30.1 Å². The molecule has 3 N–H and O–H groups in total. The van der Waals surface area contributed by atoms with E-state index in [9.17, 15) is 19.2 Å². The topological polar surface area (TPSA) is 113 Å². The molecule has 1 atom stereocenters. The smallest absolute Gasteiger partial charge is 0.325 e. The van der Waals surface area contributed by atoms with Crippen LogP contribution in [-0.4, -0.2) is 39.8 Å². The average molecular weight is 431 g/mol. The van der Waals surface area contributed by atoms with Gasteiger partial charge in [0.05, 0.1) is 5.56 Å². The van der Waals surface area contributed by atoms with Crippen molar-refractivity contribution in [1.29, 1.82) is 0 Å². The van der Waals surface area contributed by atoms with E-state index in [-0.39, 0.29) is 0 Å². The summed E-state index contributed by atoms with van der Waals surface area (Å²) < 4.78 is 1.82. The van der Waals surface area contributed by atoms with Gasteiger partial charge in [-0.1, -0.05) is 42.5 Å². The Kier molecular flexibility index (Phi) is 4.47. The number of para-hydroxylation sites is 1. The Morgan fingerprint density at radius 1 is 1.06 bits per heavy atom. The van der Waals surface area contributed by atoms with Crippen LogP contribution >= 0.6 is 0 Å². The molecule has 1 aromatic heterocycles. The highest BCUT2D eigenvalue weighted by Gasteiger charge is 2.55. The van der Waals surface area contributed by atoms with Crippen molar-refractivity contribution in [2.45, 2.75) is 18.4 Å². The number of hydrogen-bond acceptors (Lipinski definition) is 4. The SMILES string of the molecule is Cn1cc(C(=O)NNC(=O)CN2C(=O)NC3(CCc4ccccc43)C2=O)c2ccccc21. The van der Waals surface area contributed by atoms with E-state index in [2.05, 4.69) is 16.2 Å². The van der Waals surface area contributed by atoms with Crippen LogP contribution in [0.25, 0.3) is 10.9 Å². The number of aryl methyl sites for hydroxylation is 2. The minimum absolute atomic E-state index is 0.403. The molecule has 1 aliphatic carbocycles. The molecular formula is C23H21N5O4. The third-order valence-corrected chi connectivity index (χ3v) is 6.18. The van der Waals surface area contributed by atoms with Gasteiger partial charge < -0.3 is 9.88 Å². The predicted molar refractivity (Wildman–Crippen MR) is 115 cm³/mol. The van der Waals surface area contributed by atoms with Gasteiger partial charge in [0.2, 0.25) is 0 Å². The summed E-state index contributed by atoms with van der Waals surface area (Å²) in [6.45, 7) is -0.496. The molecule has 0 saturated carbocycles. The number of carbonyl (C=O) groups is 4. The van der Waals surface area contributed by atoms with Gasteiger partial charge in [0.15, 0.2) is 0 Å². The van der Waals surface area contributed by atoms with Gasteiger partial charge >= 0.3 is 6.03 Å². The molecular weight excluding hydrogens is 410 g/mol. The van der Waals surface area contributed by atoms with Gasteiger partial charge in [-0.25, -0.2) is 4.79 Å². The van der Waals surface area contributed by atoms with Crippen molar-refractivity contribution < 1.29 is 19.2 Å². The van der Waals surface area contributed by atoms with Gasteiger partial charge in [-0.05, 0) is 30.0 Å². The number of rotatable bonds is 3. The quantitative estimate of drug-likeness (QED) is 0.429. The molecule has 1 spiro atoms. The number of amides is 5. The van der Waals surface area contributed by atoms with Crippen LogP contribution in [0.1, 0.15) is 27.9 Å². The zero-order chi connectivity index (χ0) is 22.5. The summed E-state index contributed by atoms with van der Waals surface area (Å²) in [5.41, 5.74) is 6.60. The summed E-state index contributed by atoms with van der Waals surface area (Å²) >= 11 is 0. The van der Waals surface area contributed by atoms with Crippen LogP contribution in [0.2, 0.25) is 0 Å². The summed E-state index contributed by atoms with van der Waals surface area (Å²) in [7, 11) is 1.83. The maximum atomic E-state index is 13.1. The summed E-state index contributed by atoms with van der Waals surface area (Å²) in [5.74, 6) is -1.62. The highest BCUT2D eigenvalue weighted by Crippen LogP contribution is 2.41. The highest BCUT2D eigenvalue weighted by atomic mass is 16.2. The van der Waals surface area contributed by atoms with Crippen LogP contribution in [0.15, 0.2) is 54.7 Å². The van der Waals surface area contributed by atoms with E-state index in [0.717, 1.165) is 26.9 Å². The van der Waals surface area contributed by atoms with Crippen LogP contribution in [0.5, 0.6) is 0 Å². The van der Waals surface area contributed by atoms with Gasteiger partial charge in [0.1, 0.15) is 12.1 Å². The normalized spacial score (nSPS) is 19.3. The largest absolute Gasteiger partial charge is 0.350 e. The second kappa shape index (κ2) is 7.23. The fourth-order valence-corrected chi connectivity index (χ4v) is 4.63. The number of benzene rings is 2. The summed E-state index contributed by atoms with van der Waals surface area (Å²) in [5, 5.41) is 3.52. The Labute approximate surface area is 183 Å². The molecule has 5 rings (SSSR count). The third-order valence-electron chi connectivity index (χ3n) is 6.18. The number of nitrogens with one attached hydrogen (secondary N) is 3. The fraction of sp³-hybridized carbons (Fsp3) is 0.217. The molecule has 9 nitrogen and oxygen atoms in total. The van der Waals surface area contributed by atoms with E-state index >= 15 is 0 Å². The van der Waals surface area contributed by atoms with E-state index in [1.807, 2.05) is 60.1 Å². The molecule has 1 saturated heterocycles. The van der Waals surface area contributed by atoms with Crippen LogP contribution in [-0.2, 0) is 28.6 Å². The lowest BCUT2D eigenvalue weighted by atomic mass is 9.92. The maximum Gasteiger partial charge on any atom is 0.325 e. The van der Waals surface area contributed by atoms with Crippen molar-refractivity contribution in [3.8, 4) is 0 Å². The number of nitrogens with zero attached hydrogens (tertiary/aromatic N) is 2. The number of fused-ring (bicyclic) bond motifs is 3. The number of hydrogen-bond donors (Lipinski definition) is 3. The summed E-state index contributed by atoms with van der Waals surface area (Å²) in [6, 6.07) is 14.3. The molecule has 1 fully saturated rings. The van der Waals surface area contributed by atoms with Crippen LogP contribution < -0.4 is 16.2 Å². The van der Waals surface area contributed by atoms with E-state index < -0.39 is 35.8 Å². The van der Waals surface area contributed by atoms with Crippen LogP contribution in [0, 0.1) is 0 Å². The second-order valence-electron chi connectivity index (χ2n) is 8.06. The van der Waals surface area contributed by atoms with E-state index in [0.29, 0.717) is 18.4 Å². The van der Waals surface area contributed by atoms with Crippen molar-refractivity contribution in [2.75, 3.05) is 6.54 Å². The van der Waals surface area contributed by atoms with Gasteiger partial charge in [-0.15, -0.1) is 0 Å². The Morgan fingerprint density at radius 3 is 2.66 bits per heavy atom. The molecule has 3 aromatic rings. The monoisotopic (exact) mass is 431 g/mol. The van der Waals surface area contributed by atoms with Crippen LogP contribution in [0.4, 0.5) is 4.79 Å². The molecule has 162 valence electrons. The molecule has 2 heterocycles. The van der Waals surface area contributed by atoms with Crippen molar-refractivity contribution in [2.24, 2.45) is 7.05 Å². The zero-order valence-corrected chi connectivity index (χ0v) is 17.3.